The van der Waals surface area contributed by atoms with Gasteiger partial charge >= 0.3 is 12.5 Å². The second-order valence-corrected chi connectivity index (χ2v) is 8.08. The summed E-state index contributed by atoms with van der Waals surface area (Å²) < 4.78 is 65.6. The van der Waals surface area contributed by atoms with Crippen LogP contribution in [0.15, 0.2) is 18.2 Å². The van der Waals surface area contributed by atoms with Gasteiger partial charge in [0.25, 0.3) is 0 Å². The van der Waals surface area contributed by atoms with Gasteiger partial charge < -0.3 is 19.1 Å². The van der Waals surface area contributed by atoms with Crippen LogP contribution in [0.3, 0.4) is 0 Å². The third kappa shape index (κ3) is 8.26. The average molecular weight is 446 g/mol. The Hall–Kier alpha value is -2.51. The molecular weight excluding hydrogens is 420 g/mol. The lowest BCUT2D eigenvalue weighted by Crippen LogP contribution is -2.56. The van der Waals surface area contributed by atoms with Crippen LogP contribution in [0.2, 0.25) is 0 Å². The molecule has 1 fully saturated rings. The van der Waals surface area contributed by atoms with E-state index in [1.165, 1.54) is 6.07 Å². The van der Waals surface area contributed by atoms with Gasteiger partial charge in [-0.25, -0.2) is 9.18 Å². The highest BCUT2D eigenvalue weighted by molar-refractivity contribution is 5.68. The van der Waals surface area contributed by atoms with E-state index in [4.69, 9.17) is 15.9 Å². The summed E-state index contributed by atoms with van der Waals surface area (Å²) in [6.45, 7) is 6.99. The van der Waals surface area contributed by atoms with Gasteiger partial charge in [0.2, 0.25) is 0 Å². The monoisotopic (exact) mass is 446 g/mol. The summed E-state index contributed by atoms with van der Waals surface area (Å²) in [6.07, 6.45) is -0.208. The SMILES string of the molecule is C#CCOCC1CN(C(=O)OC(C)(C)C)CCN1Cc1ccc(OC(F)(F)F)c(F)c1. The fraction of sp³-hybridized carbons (Fsp3) is 0.571. The summed E-state index contributed by atoms with van der Waals surface area (Å²) in [5.41, 5.74) is -0.179. The molecule has 1 heterocycles. The Kier molecular flexibility index (Phi) is 8.14. The first-order chi connectivity index (χ1) is 14.4. The summed E-state index contributed by atoms with van der Waals surface area (Å²) in [7, 11) is 0. The number of alkyl halides is 3. The zero-order valence-electron chi connectivity index (χ0n) is 17.7. The number of hydrogen-bond acceptors (Lipinski definition) is 5. The van der Waals surface area contributed by atoms with Gasteiger partial charge in [0, 0.05) is 26.2 Å². The lowest BCUT2D eigenvalue weighted by Gasteiger charge is -2.41. The van der Waals surface area contributed by atoms with Crippen molar-refractivity contribution >= 4 is 6.09 Å². The zero-order valence-corrected chi connectivity index (χ0v) is 17.7. The van der Waals surface area contributed by atoms with E-state index >= 15 is 0 Å². The second kappa shape index (κ2) is 10.2. The summed E-state index contributed by atoms with van der Waals surface area (Å²) in [6, 6.07) is 3.05. The number of piperazine rings is 1. The van der Waals surface area contributed by atoms with E-state index in [1.54, 1.807) is 25.7 Å². The molecule has 1 aromatic carbocycles. The third-order valence-electron chi connectivity index (χ3n) is 4.36. The van der Waals surface area contributed by atoms with Crippen molar-refractivity contribution in [1.82, 2.24) is 9.80 Å². The van der Waals surface area contributed by atoms with Crippen molar-refractivity contribution in [2.24, 2.45) is 0 Å². The standard InChI is InChI=1S/C21H26F4N2O4/c1-5-10-29-14-16-13-27(19(28)31-20(2,3)4)9-8-26(16)12-15-6-7-18(17(22)11-15)30-21(23,24)25/h1,6-7,11,16H,8-10,12-14H2,2-4H3. The van der Waals surface area contributed by atoms with Gasteiger partial charge in [-0.2, -0.15) is 0 Å². The maximum absolute atomic E-state index is 14.0. The van der Waals surface area contributed by atoms with Crippen LogP contribution in [0.25, 0.3) is 0 Å². The molecule has 6 nitrogen and oxygen atoms in total. The van der Waals surface area contributed by atoms with Gasteiger partial charge in [0.1, 0.15) is 12.2 Å². The van der Waals surface area contributed by atoms with Gasteiger partial charge in [0.05, 0.1) is 12.6 Å². The number of ether oxygens (including phenoxy) is 3. The maximum atomic E-state index is 14.0. The minimum absolute atomic E-state index is 0.0921. The molecule has 1 aromatic rings. The molecule has 0 saturated carbocycles. The first kappa shape index (κ1) is 24.8. The van der Waals surface area contributed by atoms with E-state index in [2.05, 4.69) is 10.7 Å². The number of nitrogens with zero attached hydrogens (tertiary/aromatic N) is 2. The quantitative estimate of drug-likeness (QED) is 0.378. The van der Waals surface area contributed by atoms with Crippen molar-refractivity contribution in [3.63, 3.8) is 0 Å². The van der Waals surface area contributed by atoms with E-state index < -0.39 is 29.6 Å². The molecule has 0 spiro atoms. The van der Waals surface area contributed by atoms with Crippen LogP contribution in [0.1, 0.15) is 26.3 Å². The van der Waals surface area contributed by atoms with Gasteiger partial charge in [-0.3, -0.25) is 4.90 Å². The van der Waals surface area contributed by atoms with E-state index in [9.17, 15) is 22.4 Å². The molecular formula is C21H26F4N2O4. The Morgan fingerprint density at radius 1 is 1.26 bits per heavy atom. The van der Waals surface area contributed by atoms with E-state index in [1.807, 2.05) is 4.90 Å². The molecule has 1 aliphatic heterocycles. The fourth-order valence-electron chi connectivity index (χ4n) is 3.09. The molecule has 1 unspecified atom stereocenters. The Morgan fingerprint density at radius 2 is 1.97 bits per heavy atom. The largest absolute Gasteiger partial charge is 0.573 e. The van der Waals surface area contributed by atoms with E-state index in [-0.39, 0.29) is 25.8 Å². The number of benzene rings is 1. The fourth-order valence-corrected chi connectivity index (χ4v) is 3.09. The van der Waals surface area contributed by atoms with Crippen molar-refractivity contribution in [1.29, 1.82) is 0 Å². The number of carbonyl (C=O) groups excluding carboxylic acids is 1. The zero-order chi connectivity index (χ0) is 23.2. The molecule has 1 amide bonds. The van der Waals surface area contributed by atoms with Gasteiger partial charge in [-0.15, -0.1) is 19.6 Å². The van der Waals surface area contributed by atoms with Crippen molar-refractivity contribution < 1.29 is 36.6 Å². The number of terminal acetylenes is 1. The van der Waals surface area contributed by atoms with Crippen LogP contribution in [0.4, 0.5) is 22.4 Å². The first-order valence-electron chi connectivity index (χ1n) is 9.65. The summed E-state index contributed by atoms with van der Waals surface area (Å²) >= 11 is 0. The minimum atomic E-state index is -4.97. The number of hydrogen-bond donors (Lipinski definition) is 0. The average Bonchev–Trinajstić information content (AvgIpc) is 2.63. The predicted molar refractivity (Wildman–Crippen MR) is 105 cm³/mol. The molecule has 1 aliphatic rings. The highest BCUT2D eigenvalue weighted by atomic mass is 19.4. The summed E-state index contributed by atoms with van der Waals surface area (Å²) in [5, 5.41) is 0. The predicted octanol–water partition coefficient (Wildman–Crippen LogP) is 3.80. The Labute approximate surface area is 179 Å². The van der Waals surface area contributed by atoms with Gasteiger partial charge in [0.15, 0.2) is 11.6 Å². The number of carbonyl (C=O) groups is 1. The van der Waals surface area contributed by atoms with Crippen LogP contribution in [-0.4, -0.2) is 66.7 Å². The van der Waals surface area contributed by atoms with Crippen LogP contribution in [0.5, 0.6) is 5.75 Å². The molecule has 2 rings (SSSR count). The highest BCUT2D eigenvalue weighted by Crippen LogP contribution is 2.27. The van der Waals surface area contributed by atoms with Crippen molar-refractivity contribution in [3.05, 3.63) is 29.6 Å². The topological polar surface area (TPSA) is 51.2 Å². The number of amides is 1. The maximum Gasteiger partial charge on any atom is 0.573 e. The van der Waals surface area contributed by atoms with Crippen LogP contribution in [-0.2, 0) is 16.0 Å². The lowest BCUT2D eigenvalue weighted by atomic mass is 10.1. The van der Waals surface area contributed by atoms with Gasteiger partial charge in [-0.05, 0) is 38.5 Å². The number of halogens is 4. The van der Waals surface area contributed by atoms with Crippen molar-refractivity contribution in [2.75, 3.05) is 32.8 Å². The second-order valence-electron chi connectivity index (χ2n) is 8.08. The third-order valence-corrected chi connectivity index (χ3v) is 4.36. The van der Waals surface area contributed by atoms with Crippen molar-refractivity contribution in [2.45, 2.75) is 45.3 Å². The van der Waals surface area contributed by atoms with Crippen LogP contribution < -0.4 is 4.74 Å². The molecule has 31 heavy (non-hydrogen) atoms. The molecule has 0 N–H and O–H groups in total. The van der Waals surface area contributed by atoms with Crippen LogP contribution >= 0.6 is 0 Å². The van der Waals surface area contributed by atoms with E-state index in [0.717, 1.165) is 12.1 Å². The molecule has 10 heteroatoms. The van der Waals surface area contributed by atoms with Gasteiger partial charge in [-0.1, -0.05) is 12.0 Å². The lowest BCUT2D eigenvalue weighted by molar-refractivity contribution is -0.275. The highest BCUT2D eigenvalue weighted by Gasteiger charge is 2.34. The summed E-state index contributed by atoms with van der Waals surface area (Å²) in [5.74, 6) is 0.370. The smallest absolute Gasteiger partial charge is 0.444 e. The van der Waals surface area contributed by atoms with Crippen molar-refractivity contribution in [3.8, 4) is 18.1 Å². The summed E-state index contributed by atoms with van der Waals surface area (Å²) in [4.78, 5) is 15.9. The number of rotatable bonds is 6. The molecule has 0 aromatic heterocycles. The van der Waals surface area contributed by atoms with E-state index in [0.29, 0.717) is 25.2 Å². The van der Waals surface area contributed by atoms with Crippen LogP contribution in [0, 0.1) is 18.2 Å². The molecule has 172 valence electrons. The molecule has 1 atom stereocenters. The Morgan fingerprint density at radius 3 is 2.55 bits per heavy atom. The Balaban J connectivity index is 2.09. The first-order valence-corrected chi connectivity index (χ1v) is 9.65. The molecule has 0 radical (unpaired) electrons. The molecule has 1 saturated heterocycles. The minimum Gasteiger partial charge on any atom is -0.444 e. The Bertz CT molecular complexity index is 802. The molecule has 0 aliphatic carbocycles. The molecule has 0 bridgehead atoms. The normalized spacial score (nSPS) is 17.9.